The first-order chi connectivity index (χ1) is 19.7. The fourth-order valence-electron chi connectivity index (χ4n) is 11.4. The summed E-state index contributed by atoms with van der Waals surface area (Å²) in [7, 11) is -1.42. The van der Waals surface area contributed by atoms with Crippen LogP contribution in [0.25, 0.3) is 0 Å². The van der Waals surface area contributed by atoms with E-state index in [2.05, 4.69) is 66.5 Å². The number of fused-ring (bicyclic) bond motifs is 5. The van der Waals surface area contributed by atoms with Crippen LogP contribution in [0, 0.1) is 52.3 Å². The number of carbonyl (C=O) groups excluding carboxylic acids is 1. The molecule has 0 radical (unpaired) electrons. The van der Waals surface area contributed by atoms with Crippen molar-refractivity contribution in [2.75, 3.05) is 6.61 Å². The molecule has 1 N–H and O–H groups in total. The fraction of sp³-hybridized carbons (Fsp3) is 0.889. The Bertz CT molecular complexity index is 1080. The number of aliphatic hydroxyl groups excluding tert-OH is 1. The first-order valence-electron chi connectivity index (χ1n) is 17.5. The van der Waals surface area contributed by atoms with E-state index in [1.807, 2.05) is 0 Å². The van der Waals surface area contributed by atoms with Gasteiger partial charge in [0.25, 0.3) is 0 Å². The Balaban J connectivity index is 1.28. The zero-order chi connectivity index (χ0) is 30.7. The van der Waals surface area contributed by atoms with E-state index in [0.717, 1.165) is 24.8 Å². The van der Waals surface area contributed by atoms with Gasteiger partial charge in [0.15, 0.2) is 0 Å². The SMILES string of the molecule is CC[C@H]1[C@@H](O)[C@@H]2[C@H](CC[C@]3(C)[C@@H]([C@H](C)CCCOC(=O)n4ccnc4)CC[C@@H]23)[C@@]2(C)CCC([Si](C)(C)C(C)(C)C)C[C@@H]12. The molecule has 1 unspecified atom stereocenters. The quantitative estimate of drug-likeness (QED) is 0.251. The largest absolute Gasteiger partial charge is 0.449 e. The topological polar surface area (TPSA) is 64.3 Å². The van der Waals surface area contributed by atoms with Gasteiger partial charge in [0.2, 0.25) is 0 Å². The van der Waals surface area contributed by atoms with Crippen LogP contribution in [0.3, 0.4) is 0 Å². The summed E-state index contributed by atoms with van der Waals surface area (Å²) in [6.45, 7) is 23.3. The highest BCUT2D eigenvalue weighted by molar-refractivity contribution is 6.81. The van der Waals surface area contributed by atoms with Crippen molar-refractivity contribution in [3.8, 4) is 0 Å². The Hall–Kier alpha value is -1.14. The molecule has 4 aliphatic rings. The van der Waals surface area contributed by atoms with Gasteiger partial charge in [0.05, 0.1) is 20.8 Å². The van der Waals surface area contributed by atoms with E-state index < -0.39 is 8.07 Å². The first-order valence-corrected chi connectivity index (χ1v) is 20.6. The lowest BCUT2D eigenvalue weighted by Crippen LogP contribution is -2.62. The summed E-state index contributed by atoms with van der Waals surface area (Å²) in [6, 6.07) is 0. The summed E-state index contributed by atoms with van der Waals surface area (Å²) in [5.74, 6) is 4.21. The molecule has 11 atom stereocenters. The molecule has 1 heterocycles. The molecular formula is C36H62N2O3Si. The van der Waals surface area contributed by atoms with E-state index in [1.165, 1.54) is 55.8 Å². The second-order valence-electron chi connectivity index (χ2n) is 17.3. The van der Waals surface area contributed by atoms with Crippen molar-refractivity contribution in [3.05, 3.63) is 18.7 Å². The maximum absolute atomic E-state index is 12.3. The molecular weight excluding hydrogens is 536 g/mol. The van der Waals surface area contributed by atoms with Crippen LogP contribution in [-0.2, 0) is 4.74 Å². The predicted molar refractivity (Wildman–Crippen MR) is 174 cm³/mol. The van der Waals surface area contributed by atoms with Crippen LogP contribution >= 0.6 is 0 Å². The molecule has 0 aromatic carbocycles. The molecule has 238 valence electrons. The van der Waals surface area contributed by atoms with Crippen LogP contribution in [0.1, 0.15) is 113 Å². The van der Waals surface area contributed by atoms with E-state index in [0.29, 0.717) is 63.9 Å². The Morgan fingerprint density at radius 2 is 1.79 bits per heavy atom. The van der Waals surface area contributed by atoms with Crippen LogP contribution in [-0.4, -0.2) is 41.5 Å². The van der Waals surface area contributed by atoms with Crippen LogP contribution in [0.5, 0.6) is 0 Å². The van der Waals surface area contributed by atoms with E-state index in [4.69, 9.17) is 4.74 Å². The number of imidazole rings is 1. The number of ether oxygens (including phenoxy) is 1. The summed E-state index contributed by atoms with van der Waals surface area (Å²) in [6.07, 6.45) is 16.7. The van der Waals surface area contributed by atoms with Crippen molar-refractivity contribution in [2.45, 2.75) is 142 Å². The molecule has 5 nitrogen and oxygen atoms in total. The molecule has 42 heavy (non-hydrogen) atoms. The zero-order valence-electron chi connectivity index (χ0n) is 28.4. The lowest BCUT2D eigenvalue weighted by atomic mass is 9.41. The van der Waals surface area contributed by atoms with Crippen LogP contribution in [0.15, 0.2) is 18.7 Å². The van der Waals surface area contributed by atoms with Crippen LogP contribution in [0.4, 0.5) is 4.79 Å². The molecule has 1 aromatic heterocycles. The first kappa shape index (κ1) is 32.3. The molecule has 4 fully saturated rings. The van der Waals surface area contributed by atoms with Crippen molar-refractivity contribution >= 4 is 14.2 Å². The average molecular weight is 599 g/mol. The number of aromatic nitrogens is 2. The van der Waals surface area contributed by atoms with Crippen molar-refractivity contribution in [2.24, 2.45) is 52.3 Å². The normalized spacial score (nSPS) is 41.0. The zero-order valence-corrected chi connectivity index (χ0v) is 29.4. The molecule has 0 saturated heterocycles. The van der Waals surface area contributed by atoms with Gasteiger partial charge in [-0.1, -0.05) is 74.4 Å². The number of hydrogen-bond acceptors (Lipinski definition) is 4. The van der Waals surface area contributed by atoms with Crippen molar-refractivity contribution in [1.29, 1.82) is 0 Å². The molecule has 0 bridgehead atoms. The van der Waals surface area contributed by atoms with Crippen molar-refractivity contribution in [1.82, 2.24) is 9.55 Å². The summed E-state index contributed by atoms with van der Waals surface area (Å²) in [5, 5.41) is 12.7. The second-order valence-corrected chi connectivity index (χ2v) is 23.1. The van der Waals surface area contributed by atoms with E-state index in [1.54, 1.807) is 12.4 Å². The Kier molecular flexibility index (Phi) is 8.95. The minimum absolute atomic E-state index is 0.141. The second kappa shape index (κ2) is 11.7. The molecule has 0 spiro atoms. The third-order valence-electron chi connectivity index (χ3n) is 14.9. The molecule has 0 amide bonds. The smallest absolute Gasteiger partial charge is 0.419 e. The van der Waals surface area contributed by atoms with Gasteiger partial charge in [0, 0.05) is 12.4 Å². The average Bonchev–Trinajstić information content (AvgIpc) is 3.58. The summed E-state index contributed by atoms with van der Waals surface area (Å²) in [4.78, 5) is 16.1. The highest BCUT2D eigenvalue weighted by Crippen LogP contribution is 2.71. The van der Waals surface area contributed by atoms with Gasteiger partial charge in [-0.05, 0) is 114 Å². The fourth-order valence-corrected chi connectivity index (χ4v) is 14.4. The Labute approximate surface area is 258 Å². The number of carbonyl (C=O) groups is 1. The van der Waals surface area contributed by atoms with Crippen LogP contribution in [0.2, 0.25) is 23.7 Å². The predicted octanol–water partition coefficient (Wildman–Crippen LogP) is 9.43. The van der Waals surface area contributed by atoms with Gasteiger partial charge in [-0.15, -0.1) is 0 Å². The maximum Gasteiger partial charge on any atom is 0.419 e. The third-order valence-corrected chi connectivity index (χ3v) is 21.3. The Morgan fingerprint density at radius 1 is 1.10 bits per heavy atom. The van der Waals surface area contributed by atoms with Crippen molar-refractivity contribution in [3.63, 3.8) is 0 Å². The molecule has 0 aliphatic heterocycles. The molecule has 6 heteroatoms. The highest BCUT2D eigenvalue weighted by Gasteiger charge is 2.65. The number of aliphatic hydroxyl groups is 1. The van der Waals surface area contributed by atoms with Gasteiger partial charge >= 0.3 is 6.09 Å². The monoisotopic (exact) mass is 598 g/mol. The van der Waals surface area contributed by atoms with E-state index in [-0.39, 0.29) is 12.2 Å². The molecule has 4 saturated carbocycles. The van der Waals surface area contributed by atoms with Gasteiger partial charge in [0.1, 0.15) is 6.33 Å². The lowest BCUT2D eigenvalue weighted by molar-refractivity contribution is -0.194. The number of hydrogen-bond donors (Lipinski definition) is 1. The van der Waals surface area contributed by atoms with Gasteiger partial charge < -0.3 is 9.84 Å². The number of nitrogens with zero attached hydrogens (tertiary/aromatic N) is 2. The third kappa shape index (κ3) is 5.26. The maximum atomic E-state index is 12.3. The standard InChI is InChI=1S/C36H62N2O3Si/c1-10-26-30-22-25(42(8,9)34(3,4)5)15-17-36(30,7)29-16-18-35(6)27(13-14-28(35)31(29)32(26)39)24(2)12-11-21-41-33(40)38-20-19-37-23-38/h19-20,23-32,39H,10-18,21-22H2,1-9H3/t24-,25?,26-,27-,28+,29+,30+,31+,32-,35-,36-/m1/s1. The van der Waals surface area contributed by atoms with Gasteiger partial charge in [-0.2, -0.15) is 0 Å². The molecule has 1 aromatic rings. The van der Waals surface area contributed by atoms with Crippen LogP contribution < -0.4 is 0 Å². The lowest BCUT2D eigenvalue weighted by Gasteiger charge is -2.66. The minimum atomic E-state index is -1.42. The molecule has 4 aliphatic carbocycles. The number of rotatable bonds is 7. The molecule has 5 rings (SSSR count). The van der Waals surface area contributed by atoms with Gasteiger partial charge in [-0.25, -0.2) is 14.3 Å². The van der Waals surface area contributed by atoms with E-state index in [9.17, 15) is 9.90 Å². The highest BCUT2D eigenvalue weighted by atomic mass is 28.3. The Morgan fingerprint density at radius 3 is 2.43 bits per heavy atom. The van der Waals surface area contributed by atoms with E-state index >= 15 is 0 Å². The summed E-state index contributed by atoms with van der Waals surface area (Å²) in [5.41, 5.74) is 1.57. The summed E-state index contributed by atoms with van der Waals surface area (Å²) >= 11 is 0. The summed E-state index contributed by atoms with van der Waals surface area (Å²) < 4.78 is 6.90. The van der Waals surface area contributed by atoms with Gasteiger partial charge in [-0.3, -0.25) is 0 Å². The minimum Gasteiger partial charge on any atom is -0.449 e. The van der Waals surface area contributed by atoms with Crippen molar-refractivity contribution < 1.29 is 14.6 Å².